The van der Waals surface area contributed by atoms with Gasteiger partial charge in [-0.05, 0) is 31.9 Å². The van der Waals surface area contributed by atoms with Crippen LogP contribution in [-0.4, -0.2) is 25.4 Å². The zero-order valence-electron chi connectivity index (χ0n) is 13.3. The lowest BCUT2D eigenvalue weighted by Crippen LogP contribution is -2.30. The fourth-order valence-corrected chi connectivity index (χ4v) is 5.13. The van der Waals surface area contributed by atoms with E-state index in [1.54, 1.807) is 5.51 Å². The molecule has 1 fully saturated rings. The summed E-state index contributed by atoms with van der Waals surface area (Å²) in [6, 6.07) is 2.82. The first-order valence-electron chi connectivity index (χ1n) is 7.85. The van der Waals surface area contributed by atoms with Gasteiger partial charge in [-0.1, -0.05) is 11.6 Å². The second-order valence-electron chi connectivity index (χ2n) is 6.30. The number of fused-ring (bicyclic) bond motifs is 1. The van der Waals surface area contributed by atoms with Crippen LogP contribution in [0.25, 0.3) is 0 Å². The van der Waals surface area contributed by atoms with E-state index in [4.69, 9.17) is 16.3 Å². The van der Waals surface area contributed by atoms with E-state index >= 15 is 0 Å². The summed E-state index contributed by atoms with van der Waals surface area (Å²) in [5.41, 5.74) is 2.98. The van der Waals surface area contributed by atoms with Crippen LogP contribution >= 0.6 is 22.9 Å². The summed E-state index contributed by atoms with van der Waals surface area (Å²) in [7, 11) is -4.03. The van der Waals surface area contributed by atoms with Gasteiger partial charge < -0.3 is 4.74 Å². The molecule has 1 aromatic heterocycles. The maximum Gasteiger partial charge on any atom is 0.277 e. The first-order valence-corrected chi connectivity index (χ1v) is 10.6. The van der Waals surface area contributed by atoms with Crippen molar-refractivity contribution in [3.05, 3.63) is 38.8 Å². The molecule has 0 unspecified atom stereocenters. The Balaban J connectivity index is 1.62. The second-order valence-corrected chi connectivity index (χ2v) is 9.25. The summed E-state index contributed by atoms with van der Waals surface area (Å²) < 4.78 is 32.9. The predicted octanol–water partition coefficient (Wildman–Crippen LogP) is 3.12. The number of ether oxygens (including phenoxy) is 1. The lowest BCUT2D eigenvalue weighted by Gasteiger charge is -2.09. The van der Waals surface area contributed by atoms with Gasteiger partial charge in [0.2, 0.25) is 0 Å². The fraction of sp³-hybridized carbons (Fsp3) is 0.375. The molecule has 4 rings (SSSR count). The summed E-state index contributed by atoms with van der Waals surface area (Å²) in [5, 5.41) is 0.228. The van der Waals surface area contributed by atoms with E-state index in [0.717, 1.165) is 29.7 Å². The molecule has 2 heterocycles. The van der Waals surface area contributed by atoms with Gasteiger partial charge >= 0.3 is 0 Å². The van der Waals surface area contributed by atoms with Gasteiger partial charge in [0.1, 0.15) is 16.7 Å². The van der Waals surface area contributed by atoms with Gasteiger partial charge in [0, 0.05) is 17.9 Å². The van der Waals surface area contributed by atoms with Gasteiger partial charge in [0.15, 0.2) is 0 Å². The van der Waals surface area contributed by atoms with Crippen molar-refractivity contribution in [3.63, 3.8) is 0 Å². The Morgan fingerprint density at radius 1 is 1.40 bits per heavy atom. The number of thiazole rings is 1. The van der Waals surface area contributed by atoms with Crippen molar-refractivity contribution in [2.75, 3.05) is 0 Å². The molecule has 0 saturated heterocycles. The van der Waals surface area contributed by atoms with Crippen LogP contribution in [0.15, 0.2) is 22.5 Å². The first-order chi connectivity index (χ1) is 11.8. The molecule has 1 saturated carbocycles. The number of amides is 1. The quantitative estimate of drug-likeness (QED) is 0.855. The molecular weight excluding hydrogens is 384 g/mol. The van der Waals surface area contributed by atoms with Crippen molar-refractivity contribution < 1.29 is 17.9 Å². The number of benzene rings is 1. The minimum absolute atomic E-state index is 0.0419. The minimum atomic E-state index is -4.03. The fourth-order valence-electron chi connectivity index (χ4n) is 2.91. The first kappa shape index (κ1) is 16.8. The Morgan fingerprint density at radius 2 is 2.16 bits per heavy atom. The van der Waals surface area contributed by atoms with Gasteiger partial charge in [-0.2, -0.15) is 0 Å². The number of carbonyl (C=O) groups excluding carboxylic acids is 1. The topological polar surface area (TPSA) is 85.4 Å². The molecule has 1 atom stereocenters. The van der Waals surface area contributed by atoms with Gasteiger partial charge in [-0.25, -0.2) is 18.1 Å². The highest BCUT2D eigenvalue weighted by molar-refractivity contribution is 7.90. The molecule has 1 aliphatic carbocycles. The third-order valence-electron chi connectivity index (χ3n) is 4.22. The number of hydrogen-bond acceptors (Lipinski definition) is 6. The molecule has 6 nitrogen and oxygen atoms in total. The molecule has 1 N–H and O–H groups in total. The van der Waals surface area contributed by atoms with Crippen LogP contribution in [0.5, 0.6) is 5.75 Å². The van der Waals surface area contributed by atoms with Crippen molar-refractivity contribution in [3.8, 4) is 5.75 Å². The Hall–Kier alpha value is -1.64. The Bertz CT molecular complexity index is 967. The molecule has 132 valence electrons. The van der Waals surface area contributed by atoms with Crippen molar-refractivity contribution >= 4 is 38.9 Å². The summed E-state index contributed by atoms with van der Waals surface area (Å²) in [5.74, 6) is 0.131. The Morgan fingerprint density at radius 3 is 2.88 bits per heavy atom. The van der Waals surface area contributed by atoms with Crippen molar-refractivity contribution in [1.29, 1.82) is 0 Å². The van der Waals surface area contributed by atoms with Crippen LogP contribution in [0.4, 0.5) is 0 Å². The molecule has 2 aliphatic rings. The summed E-state index contributed by atoms with van der Waals surface area (Å²) in [6.45, 7) is 1.88. The lowest BCUT2D eigenvalue weighted by molar-refractivity contribution is 0.0984. The molecule has 1 amide bonds. The number of sulfonamides is 1. The number of nitrogens with one attached hydrogen (secondary N) is 1. The van der Waals surface area contributed by atoms with E-state index in [9.17, 15) is 13.2 Å². The van der Waals surface area contributed by atoms with Gasteiger partial charge in [-0.3, -0.25) is 4.79 Å². The van der Waals surface area contributed by atoms with Crippen molar-refractivity contribution in [2.45, 2.75) is 43.1 Å². The number of aromatic nitrogens is 1. The van der Waals surface area contributed by atoms with Gasteiger partial charge in [0.25, 0.3) is 15.9 Å². The highest BCUT2D eigenvalue weighted by atomic mass is 35.5. The van der Waals surface area contributed by atoms with E-state index in [1.807, 2.05) is 6.92 Å². The third kappa shape index (κ3) is 3.14. The number of hydrogen-bond donors (Lipinski definition) is 1. The molecule has 1 aromatic carbocycles. The number of halogens is 1. The van der Waals surface area contributed by atoms with Crippen LogP contribution in [-0.2, 0) is 16.4 Å². The number of nitrogens with zero attached hydrogens (tertiary/aromatic N) is 1. The molecule has 25 heavy (non-hydrogen) atoms. The second kappa shape index (κ2) is 5.96. The summed E-state index contributed by atoms with van der Waals surface area (Å²) in [4.78, 5) is 17.0. The predicted molar refractivity (Wildman–Crippen MR) is 94.0 cm³/mol. The molecular formula is C16H15ClN2O4S2. The standard InChI is InChI=1S/C16H15ClN2O4S2/c1-8-4-10-5-11(6-12(17)14(10)23-8)25(21,22)19-16(20)15-13(9-2-3-9)18-7-24-15/h5-9H,2-4H2,1H3,(H,19,20)/t8-/m1/s1. The van der Waals surface area contributed by atoms with Crippen LogP contribution in [0, 0.1) is 0 Å². The van der Waals surface area contributed by atoms with Crippen LogP contribution in [0.1, 0.15) is 46.6 Å². The summed E-state index contributed by atoms with van der Waals surface area (Å²) >= 11 is 7.30. The van der Waals surface area contributed by atoms with E-state index in [0.29, 0.717) is 22.7 Å². The van der Waals surface area contributed by atoms with E-state index in [-0.39, 0.29) is 21.9 Å². The normalized spacial score (nSPS) is 19.4. The maximum absolute atomic E-state index is 12.6. The molecule has 0 spiro atoms. The zero-order chi connectivity index (χ0) is 17.8. The number of rotatable bonds is 4. The highest BCUT2D eigenvalue weighted by Gasteiger charge is 2.32. The monoisotopic (exact) mass is 398 g/mol. The average molecular weight is 399 g/mol. The molecule has 0 radical (unpaired) electrons. The Kier molecular flexibility index (Phi) is 4.01. The van der Waals surface area contributed by atoms with E-state index in [2.05, 4.69) is 9.71 Å². The molecule has 0 bridgehead atoms. The minimum Gasteiger partial charge on any atom is -0.489 e. The van der Waals surface area contributed by atoms with Crippen LogP contribution < -0.4 is 9.46 Å². The lowest BCUT2D eigenvalue weighted by atomic mass is 10.1. The maximum atomic E-state index is 12.6. The Labute approximate surface area is 154 Å². The SMILES string of the molecule is C[C@@H]1Cc2cc(S(=O)(=O)NC(=O)c3scnc3C3CC3)cc(Cl)c2O1. The van der Waals surface area contributed by atoms with E-state index in [1.165, 1.54) is 12.1 Å². The molecule has 2 aromatic rings. The largest absolute Gasteiger partial charge is 0.489 e. The molecule has 1 aliphatic heterocycles. The summed E-state index contributed by atoms with van der Waals surface area (Å²) in [6.07, 6.45) is 2.48. The third-order valence-corrected chi connectivity index (χ3v) is 6.66. The number of carbonyl (C=O) groups is 1. The average Bonchev–Trinajstić information content (AvgIpc) is 3.12. The highest BCUT2D eigenvalue weighted by Crippen LogP contribution is 2.42. The van der Waals surface area contributed by atoms with Gasteiger partial charge in [0.05, 0.1) is 21.1 Å². The molecule has 9 heteroatoms. The van der Waals surface area contributed by atoms with Crippen molar-refractivity contribution in [1.82, 2.24) is 9.71 Å². The van der Waals surface area contributed by atoms with E-state index < -0.39 is 15.9 Å². The van der Waals surface area contributed by atoms with Crippen LogP contribution in [0.3, 0.4) is 0 Å². The van der Waals surface area contributed by atoms with Crippen molar-refractivity contribution in [2.24, 2.45) is 0 Å². The smallest absolute Gasteiger partial charge is 0.277 e. The van der Waals surface area contributed by atoms with Crippen LogP contribution in [0.2, 0.25) is 5.02 Å². The van der Waals surface area contributed by atoms with Gasteiger partial charge in [-0.15, -0.1) is 11.3 Å². The zero-order valence-corrected chi connectivity index (χ0v) is 15.7.